The fourth-order valence-electron chi connectivity index (χ4n) is 2.75. The monoisotopic (exact) mass is 225 g/mol. The standard InChI is InChI=1S/C12H23N3O/c1-12(2,13)11(16)15-8-7-14-6-4-3-5-10(14)9-15/h10H,3-9,13H2,1-2H3. The normalized spacial score (nSPS) is 27.7. The zero-order chi connectivity index (χ0) is 11.8. The van der Waals surface area contributed by atoms with Crippen LogP contribution in [0.3, 0.4) is 0 Å². The van der Waals surface area contributed by atoms with Gasteiger partial charge in [0.15, 0.2) is 0 Å². The number of piperidine rings is 1. The average molecular weight is 225 g/mol. The number of piperazine rings is 1. The summed E-state index contributed by atoms with van der Waals surface area (Å²) in [5.74, 6) is 0.0951. The fraction of sp³-hybridized carbons (Fsp3) is 0.917. The Kier molecular flexibility index (Phi) is 3.22. The Balaban J connectivity index is 1.97. The number of amides is 1. The third-order valence-electron chi connectivity index (χ3n) is 3.68. The van der Waals surface area contributed by atoms with E-state index in [4.69, 9.17) is 5.73 Å². The van der Waals surface area contributed by atoms with E-state index in [1.54, 1.807) is 13.8 Å². The van der Waals surface area contributed by atoms with Gasteiger partial charge in [-0.25, -0.2) is 0 Å². The molecule has 92 valence electrons. The first kappa shape index (κ1) is 11.9. The van der Waals surface area contributed by atoms with E-state index in [2.05, 4.69) is 4.90 Å². The maximum Gasteiger partial charge on any atom is 0.242 e. The van der Waals surface area contributed by atoms with Crippen LogP contribution in [0.25, 0.3) is 0 Å². The molecule has 0 radical (unpaired) electrons. The first-order chi connectivity index (χ1) is 7.48. The molecule has 1 unspecified atom stereocenters. The molecule has 0 aromatic heterocycles. The summed E-state index contributed by atoms with van der Waals surface area (Å²) < 4.78 is 0. The van der Waals surface area contributed by atoms with Gasteiger partial charge in [0.2, 0.25) is 5.91 Å². The number of hydrogen-bond acceptors (Lipinski definition) is 3. The number of rotatable bonds is 1. The van der Waals surface area contributed by atoms with Crippen LogP contribution in [0.2, 0.25) is 0 Å². The van der Waals surface area contributed by atoms with Crippen molar-refractivity contribution in [2.24, 2.45) is 5.73 Å². The highest BCUT2D eigenvalue weighted by atomic mass is 16.2. The minimum Gasteiger partial charge on any atom is -0.338 e. The van der Waals surface area contributed by atoms with Gasteiger partial charge in [-0.1, -0.05) is 6.42 Å². The fourth-order valence-corrected chi connectivity index (χ4v) is 2.75. The van der Waals surface area contributed by atoms with Crippen molar-refractivity contribution in [1.82, 2.24) is 9.80 Å². The highest BCUT2D eigenvalue weighted by Gasteiger charge is 2.35. The van der Waals surface area contributed by atoms with Crippen LogP contribution in [0.4, 0.5) is 0 Å². The summed E-state index contributed by atoms with van der Waals surface area (Å²) in [7, 11) is 0. The summed E-state index contributed by atoms with van der Waals surface area (Å²) >= 11 is 0. The minimum atomic E-state index is -0.725. The summed E-state index contributed by atoms with van der Waals surface area (Å²) in [4.78, 5) is 16.6. The number of hydrogen-bond donors (Lipinski definition) is 1. The highest BCUT2D eigenvalue weighted by molar-refractivity contribution is 5.85. The molecule has 2 heterocycles. The molecule has 0 aliphatic carbocycles. The van der Waals surface area contributed by atoms with Gasteiger partial charge in [-0.3, -0.25) is 9.69 Å². The third kappa shape index (κ3) is 2.38. The van der Waals surface area contributed by atoms with E-state index in [0.717, 1.165) is 19.6 Å². The van der Waals surface area contributed by atoms with Gasteiger partial charge < -0.3 is 10.6 Å². The second-order valence-electron chi connectivity index (χ2n) is 5.66. The summed E-state index contributed by atoms with van der Waals surface area (Å²) in [6, 6.07) is 0.578. The summed E-state index contributed by atoms with van der Waals surface area (Å²) in [5.41, 5.74) is 5.15. The van der Waals surface area contributed by atoms with Crippen LogP contribution in [-0.4, -0.2) is 53.5 Å². The van der Waals surface area contributed by atoms with Crippen LogP contribution in [0, 0.1) is 0 Å². The SMILES string of the molecule is CC(C)(N)C(=O)N1CCN2CCCCC2C1. The second-order valence-corrected chi connectivity index (χ2v) is 5.66. The largest absolute Gasteiger partial charge is 0.338 e. The van der Waals surface area contributed by atoms with Crippen LogP contribution in [0.1, 0.15) is 33.1 Å². The van der Waals surface area contributed by atoms with Crippen molar-refractivity contribution >= 4 is 5.91 Å². The van der Waals surface area contributed by atoms with Crippen molar-refractivity contribution < 1.29 is 4.79 Å². The molecular formula is C12H23N3O. The Labute approximate surface area is 97.8 Å². The number of nitrogens with two attached hydrogens (primary N) is 1. The molecule has 2 saturated heterocycles. The smallest absolute Gasteiger partial charge is 0.242 e. The van der Waals surface area contributed by atoms with Crippen LogP contribution < -0.4 is 5.73 Å². The minimum absolute atomic E-state index is 0.0951. The van der Waals surface area contributed by atoms with E-state index >= 15 is 0 Å². The Morgan fingerprint density at radius 3 is 2.69 bits per heavy atom. The van der Waals surface area contributed by atoms with Crippen molar-refractivity contribution in [2.45, 2.75) is 44.7 Å². The lowest BCUT2D eigenvalue weighted by molar-refractivity contribution is -0.139. The molecule has 16 heavy (non-hydrogen) atoms. The molecule has 2 N–H and O–H groups in total. The summed E-state index contributed by atoms with van der Waals surface area (Å²) in [6.07, 6.45) is 3.84. The molecule has 0 saturated carbocycles. The van der Waals surface area contributed by atoms with Gasteiger partial charge in [0.25, 0.3) is 0 Å². The van der Waals surface area contributed by atoms with Crippen molar-refractivity contribution in [3.05, 3.63) is 0 Å². The van der Waals surface area contributed by atoms with Gasteiger partial charge in [0.05, 0.1) is 5.54 Å². The summed E-state index contributed by atoms with van der Waals surface area (Å²) in [6.45, 7) is 7.53. The molecule has 4 nitrogen and oxygen atoms in total. The van der Waals surface area contributed by atoms with E-state index in [-0.39, 0.29) is 5.91 Å². The number of fused-ring (bicyclic) bond motifs is 1. The molecule has 2 rings (SSSR count). The van der Waals surface area contributed by atoms with E-state index in [1.165, 1.54) is 25.8 Å². The number of nitrogens with zero attached hydrogens (tertiary/aromatic N) is 2. The molecule has 2 fully saturated rings. The maximum absolute atomic E-state index is 12.1. The summed E-state index contributed by atoms with van der Waals surface area (Å²) in [5, 5.41) is 0. The van der Waals surface area contributed by atoms with Crippen LogP contribution in [0.5, 0.6) is 0 Å². The molecule has 0 aromatic carbocycles. The van der Waals surface area contributed by atoms with Gasteiger partial charge in [0, 0.05) is 25.7 Å². The van der Waals surface area contributed by atoms with Gasteiger partial charge in [0.1, 0.15) is 0 Å². The van der Waals surface area contributed by atoms with Crippen LogP contribution >= 0.6 is 0 Å². The number of carbonyl (C=O) groups is 1. The van der Waals surface area contributed by atoms with Gasteiger partial charge in [-0.2, -0.15) is 0 Å². The van der Waals surface area contributed by atoms with Crippen molar-refractivity contribution in [3.8, 4) is 0 Å². The molecule has 2 aliphatic rings. The Morgan fingerprint density at radius 1 is 1.25 bits per heavy atom. The van der Waals surface area contributed by atoms with E-state index in [9.17, 15) is 4.79 Å². The molecular weight excluding hydrogens is 202 g/mol. The predicted molar refractivity (Wildman–Crippen MR) is 64.1 cm³/mol. The molecule has 0 aromatic rings. The predicted octanol–water partition coefficient (Wildman–Crippen LogP) is 0.420. The quantitative estimate of drug-likeness (QED) is 0.703. The lowest BCUT2D eigenvalue weighted by Crippen LogP contribution is -2.60. The molecule has 1 atom stereocenters. The van der Waals surface area contributed by atoms with E-state index < -0.39 is 5.54 Å². The Bertz CT molecular complexity index is 272. The Hall–Kier alpha value is -0.610. The van der Waals surface area contributed by atoms with Crippen LogP contribution in [-0.2, 0) is 4.79 Å². The van der Waals surface area contributed by atoms with Gasteiger partial charge in [-0.05, 0) is 33.2 Å². The molecule has 1 amide bonds. The van der Waals surface area contributed by atoms with Gasteiger partial charge in [-0.15, -0.1) is 0 Å². The first-order valence-corrected chi connectivity index (χ1v) is 6.31. The van der Waals surface area contributed by atoms with Crippen molar-refractivity contribution in [1.29, 1.82) is 0 Å². The topological polar surface area (TPSA) is 49.6 Å². The van der Waals surface area contributed by atoms with Gasteiger partial charge >= 0.3 is 0 Å². The van der Waals surface area contributed by atoms with Crippen molar-refractivity contribution in [2.75, 3.05) is 26.2 Å². The van der Waals surface area contributed by atoms with Crippen LogP contribution in [0.15, 0.2) is 0 Å². The van der Waals surface area contributed by atoms with E-state index in [0.29, 0.717) is 6.04 Å². The molecule has 4 heteroatoms. The molecule has 0 bridgehead atoms. The third-order valence-corrected chi connectivity index (χ3v) is 3.68. The van der Waals surface area contributed by atoms with E-state index in [1.807, 2.05) is 4.90 Å². The van der Waals surface area contributed by atoms with Crippen molar-refractivity contribution in [3.63, 3.8) is 0 Å². The lowest BCUT2D eigenvalue weighted by atomic mass is 9.97. The molecule has 0 spiro atoms. The maximum atomic E-state index is 12.1. The first-order valence-electron chi connectivity index (χ1n) is 6.31. The lowest BCUT2D eigenvalue weighted by Gasteiger charge is -2.45. The average Bonchev–Trinajstić information content (AvgIpc) is 2.26. The Morgan fingerprint density at radius 2 is 2.00 bits per heavy atom. The zero-order valence-corrected chi connectivity index (χ0v) is 10.4. The highest BCUT2D eigenvalue weighted by Crippen LogP contribution is 2.22. The second kappa shape index (κ2) is 4.34. The zero-order valence-electron chi connectivity index (χ0n) is 10.4. The molecule has 2 aliphatic heterocycles. The number of carbonyl (C=O) groups excluding carboxylic acids is 1.